The largest absolute Gasteiger partial charge is 0.355 e. The van der Waals surface area contributed by atoms with Crippen LogP contribution in [-0.2, 0) is 11.3 Å². The zero-order valence-electron chi connectivity index (χ0n) is 11.7. The Morgan fingerprint density at radius 1 is 1.26 bits per heavy atom. The first-order valence-electron chi connectivity index (χ1n) is 6.89. The third-order valence-corrected chi connectivity index (χ3v) is 3.00. The van der Waals surface area contributed by atoms with E-state index in [-0.39, 0.29) is 17.8 Å². The molecule has 0 radical (unpaired) electrons. The van der Waals surface area contributed by atoms with Crippen molar-refractivity contribution in [2.24, 2.45) is 0 Å². The van der Waals surface area contributed by atoms with Gasteiger partial charge in [-0.2, -0.15) is 0 Å². The number of nitrogens with one attached hydrogen (secondary N) is 2. The molecule has 0 aliphatic carbocycles. The number of halogens is 1. The standard InChI is InChI=1S/C15H23FN2O/c1-3-4-5-10-17-15(19)12(2)18-11-13-6-8-14(16)9-7-13/h6-9,12,18H,3-5,10-11H2,1-2H3,(H,17,19). The highest BCUT2D eigenvalue weighted by atomic mass is 19.1. The minimum Gasteiger partial charge on any atom is -0.355 e. The van der Waals surface area contributed by atoms with Gasteiger partial charge in [-0.3, -0.25) is 4.79 Å². The molecule has 0 spiro atoms. The van der Waals surface area contributed by atoms with Crippen LogP contribution < -0.4 is 10.6 Å². The fraction of sp³-hybridized carbons (Fsp3) is 0.533. The van der Waals surface area contributed by atoms with Gasteiger partial charge in [0.25, 0.3) is 0 Å². The molecule has 0 aliphatic heterocycles. The first kappa shape index (κ1) is 15.6. The highest BCUT2D eigenvalue weighted by Gasteiger charge is 2.10. The summed E-state index contributed by atoms with van der Waals surface area (Å²) in [5, 5.41) is 6.03. The summed E-state index contributed by atoms with van der Waals surface area (Å²) >= 11 is 0. The summed E-state index contributed by atoms with van der Waals surface area (Å²) in [6.07, 6.45) is 3.30. The number of carbonyl (C=O) groups is 1. The number of benzene rings is 1. The van der Waals surface area contributed by atoms with E-state index in [2.05, 4.69) is 17.6 Å². The van der Waals surface area contributed by atoms with Gasteiger partial charge in [-0.05, 0) is 31.0 Å². The molecule has 0 saturated carbocycles. The Labute approximate surface area is 114 Å². The number of hydrogen-bond donors (Lipinski definition) is 2. The van der Waals surface area contributed by atoms with E-state index < -0.39 is 0 Å². The molecule has 1 unspecified atom stereocenters. The molecule has 19 heavy (non-hydrogen) atoms. The van der Waals surface area contributed by atoms with E-state index >= 15 is 0 Å². The van der Waals surface area contributed by atoms with Gasteiger partial charge in [0, 0.05) is 13.1 Å². The fourth-order valence-corrected chi connectivity index (χ4v) is 1.71. The Kier molecular flexibility index (Phi) is 7.11. The van der Waals surface area contributed by atoms with Gasteiger partial charge in [0.1, 0.15) is 5.82 Å². The molecule has 1 aromatic carbocycles. The Hall–Kier alpha value is -1.42. The van der Waals surface area contributed by atoms with Crippen molar-refractivity contribution in [3.8, 4) is 0 Å². The number of amides is 1. The summed E-state index contributed by atoms with van der Waals surface area (Å²) in [5.74, 6) is -0.233. The van der Waals surface area contributed by atoms with Gasteiger partial charge in [0.05, 0.1) is 6.04 Å². The lowest BCUT2D eigenvalue weighted by Crippen LogP contribution is -2.42. The van der Waals surface area contributed by atoms with Crippen LogP contribution in [0.4, 0.5) is 4.39 Å². The molecule has 0 aromatic heterocycles. The Bertz CT molecular complexity index is 378. The van der Waals surface area contributed by atoms with Crippen molar-refractivity contribution in [3.63, 3.8) is 0 Å². The van der Waals surface area contributed by atoms with Crippen molar-refractivity contribution in [3.05, 3.63) is 35.6 Å². The second kappa shape index (κ2) is 8.64. The summed E-state index contributed by atoms with van der Waals surface area (Å²) < 4.78 is 12.7. The molecule has 3 nitrogen and oxygen atoms in total. The summed E-state index contributed by atoms with van der Waals surface area (Å²) in [6, 6.07) is 6.04. The van der Waals surface area contributed by atoms with Crippen molar-refractivity contribution in [2.75, 3.05) is 6.54 Å². The quantitative estimate of drug-likeness (QED) is 0.710. The van der Waals surface area contributed by atoms with E-state index in [0.29, 0.717) is 6.54 Å². The molecule has 2 N–H and O–H groups in total. The Morgan fingerprint density at radius 2 is 1.95 bits per heavy atom. The van der Waals surface area contributed by atoms with Crippen LogP contribution in [0.25, 0.3) is 0 Å². The average Bonchev–Trinajstić information content (AvgIpc) is 2.42. The summed E-state index contributed by atoms with van der Waals surface area (Å²) in [5.41, 5.74) is 0.965. The van der Waals surface area contributed by atoms with Crippen LogP contribution in [0.3, 0.4) is 0 Å². The maximum absolute atomic E-state index is 12.7. The lowest BCUT2D eigenvalue weighted by molar-refractivity contribution is -0.122. The van der Waals surface area contributed by atoms with Crippen molar-refractivity contribution in [1.29, 1.82) is 0 Å². The van der Waals surface area contributed by atoms with Crippen LogP contribution in [-0.4, -0.2) is 18.5 Å². The van der Waals surface area contributed by atoms with Crippen molar-refractivity contribution >= 4 is 5.91 Å². The van der Waals surface area contributed by atoms with Crippen LogP contribution in [0, 0.1) is 5.82 Å². The van der Waals surface area contributed by atoms with E-state index in [4.69, 9.17) is 0 Å². The molecule has 106 valence electrons. The highest BCUT2D eigenvalue weighted by molar-refractivity contribution is 5.81. The number of carbonyl (C=O) groups excluding carboxylic acids is 1. The van der Waals surface area contributed by atoms with Gasteiger partial charge in [-0.15, -0.1) is 0 Å². The van der Waals surface area contributed by atoms with Crippen molar-refractivity contribution < 1.29 is 9.18 Å². The smallest absolute Gasteiger partial charge is 0.236 e. The van der Waals surface area contributed by atoms with Gasteiger partial charge in [0.2, 0.25) is 5.91 Å². The summed E-state index contributed by atoms with van der Waals surface area (Å²) in [6.45, 7) is 5.26. The molecule has 4 heteroatoms. The van der Waals surface area contributed by atoms with Crippen molar-refractivity contribution in [2.45, 2.75) is 45.7 Å². The van der Waals surface area contributed by atoms with Crippen LogP contribution in [0.2, 0.25) is 0 Å². The third kappa shape index (κ3) is 6.34. The van der Waals surface area contributed by atoms with Crippen molar-refractivity contribution in [1.82, 2.24) is 10.6 Å². The van der Waals surface area contributed by atoms with E-state index in [0.717, 1.165) is 31.4 Å². The molecular weight excluding hydrogens is 243 g/mol. The van der Waals surface area contributed by atoms with Gasteiger partial charge in [0.15, 0.2) is 0 Å². The molecule has 0 fully saturated rings. The monoisotopic (exact) mass is 266 g/mol. The van der Waals surface area contributed by atoms with Gasteiger partial charge in [-0.25, -0.2) is 4.39 Å². The fourth-order valence-electron chi connectivity index (χ4n) is 1.71. The molecule has 0 saturated heterocycles. The van der Waals surface area contributed by atoms with E-state index in [1.54, 1.807) is 12.1 Å². The lowest BCUT2D eigenvalue weighted by Gasteiger charge is -2.14. The minimum absolute atomic E-state index is 0.0122. The maximum atomic E-state index is 12.7. The van der Waals surface area contributed by atoms with Crippen LogP contribution >= 0.6 is 0 Å². The van der Waals surface area contributed by atoms with Gasteiger partial charge < -0.3 is 10.6 Å². The van der Waals surface area contributed by atoms with E-state index in [1.807, 2.05) is 6.92 Å². The molecule has 1 rings (SSSR count). The summed E-state index contributed by atoms with van der Waals surface area (Å²) in [7, 11) is 0. The molecular formula is C15H23FN2O. The summed E-state index contributed by atoms with van der Waals surface area (Å²) in [4.78, 5) is 11.7. The van der Waals surface area contributed by atoms with Gasteiger partial charge >= 0.3 is 0 Å². The highest BCUT2D eigenvalue weighted by Crippen LogP contribution is 2.02. The average molecular weight is 266 g/mol. The minimum atomic E-state index is -0.245. The molecule has 0 heterocycles. The Balaban J connectivity index is 2.24. The normalized spacial score (nSPS) is 12.2. The number of hydrogen-bond acceptors (Lipinski definition) is 2. The zero-order chi connectivity index (χ0) is 14.1. The molecule has 0 aliphatic rings. The first-order chi connectivity index (χ1) is 9.13. The predicted octanol–water partition coefficient (Wildman–Crippen LogP) is 2.61. The SMILES string of the molecule is CCCCCNC(=O)C(C)NCc1ccc(F)cc1. The predicted molar refractivity (Wildman–Crippen MR) is 75.2 cm³/mol. The molecule has 0 bridgehead atoms. The second-order valence-electron chi connectivity index (χ2n) is 4.73. The maximum Gasteiger partial charge on any atom is 0.236 e. The Morgan fingerprint density at radius 3 is 2.58 bits per heavy atom. The van der Waals surface area contributed by atoms with Gasteiger partial charge in [-0.1, -0.05) is 31.9 Å². The van der Waals surface area contributed by atoms with Crippen LogP contribution in [0.5, 0.6) is 0 Å². The number of rotatable bonds is 8. The number of unbranched alkanes of at least 4 members (excludes halogenated alkanes) is 2. The third-order valence-electron chi connectivity index (χ3n) is 3.00. The second-order valence-corrected chi connectivity index (χ2v) is 4.73. The van der Waals surface area contributed by atoms with Crippen LogP contribution in [0.1, 0.15) is 38.7 Å². The molecule has 1 aromatic rings. The first-order valence-corrected chi connectivity index (χ1v) is 6.89. The molecule has 1 atom stereocenters. The zero-order valence-corrected chi connectivity index (χ0v) is 11.7. The van der Waals surface area contributed by atoms with E-state index in [1.165, 1.54) is 12.1 Å². The topological polar surface area (TPSA) is 41.1 Å². The lowest BCUT2D eigenvalue weighted by atomic mass is 10.2. The molecule has 1 amide bonds. The van der Waals surface area contributed by atoms with Crippen LogP contribution in [0.15, 0.2) is 24.3 Å². The van der Waals surface area contributed by atoms with E-state index in [9.17, 15) is 9.18 Å².